The lowest BCUT2D eigenvalue weighted by molar-refractivity contribution is -0.124. The Morgan fingerprint density at radius 1 is 1.35 bits per heavy atom. The van der Waals surface area contributed by atoms with Gasteiger partial charge in [-0.15, -0.1) is 0 Å². The van der Waals surface area contributed by atoms with E-state index in [-0.39, 0.29) is 18.0 Å². The van der Waals surface area contributed by atoms with Gasteiger partial charge in [0.1, 0.15) is 0 Å². The summed E-state index contributed by atoms with van der Waals surface area (Å²) < 4.78 is 0. The highest BCUT2D eigenvalue weighted by Crippen LogP contribution is 2.37. The molecule has 1 amide bonds. The second kappa shape index (κ2) is 5.57. The minimum absolute atomic E-state index is 0.0222. The summed E-state index contributed by atoms with van der Waals surface area (Å²) >= 11 is 0. The quantitative estimate of drug-likeness (QED) is 0.888. The molecule has 1 aromatic rings. The molecular weight excluding hydrogens is 248 g/mol. The number of hydrogen-bond acceptors (Lipinski definition) is 2. The third-order valence-electron chi connectivity index (χ3n) is 5.04. The summed E-state index contributed by atoms with van der Waals surface area (Å²) in [6.07, 6.45) is 3.78. The molecule has 2 fully saturated rings. The van der Waals surface area contributed by atoms with Crippen molar-refractivity contribution in [1.82, 2.24) is 10.6 Å². The number of carbonyl (C=O) groups excluding carboxylic acids is 1. The van der Waals surface area contributed by atoms with Crippen molar-refractivity contribution in [2.75, 3.05) is 6.54 Å². The third-order valence-corrected chi connectivity index (χ3v) is 5.04. The highest BCUT2D eigenvalue weighted by molar-refractivity contribution is 5.83. The zero-order chi connectivity index (χ0) is 14.1. The molecule has 1 aliphatic carbocycles. The van der Waals surface area contributed by atoms with Crippen molar-refractivity contribution in [3.05, 3.63) is 35.4 Å². The average molecular weight is 272 g/mol. The van der Waals surface area contributed by atoms with Gasteiger partial charge >= 0.3 is 0 Å². The lowest BCUT2D eigenvalue weighted by Gasteiger charge is -2.22. The smallest absolute Gasteiger partial charge is 0.237 e. The molecule has 1 aromatic carbocycles. The molecule has 0 bridgehead atoms. The van der Waals surface area contributed by atoms with Gasteiger partial charge in [0.05, 0.1) is 12.1 Å². The Balaban J connectivity index is 1.66. The minimum Gasteiger partial charge on any atom is -0.348 e. The third kappa shape index (κ3) is 2.47. The maximum Gasteiger partial charge on any atom is 0.237 e. The molecule has 0 spiro atoms. The number of aryl methyl sites for hydroxylation is 1. The molecule has 1 heterocycles. The summed E-state index contributed by atoms with van der Waals surface area (Å²) in [5.41, 5.74) is 2.44. The molecule has 1 saturated heterocycles. The van der Waals surface area contributed by atoms with E-state index in [1.165, 1.54) is 30.4 Å². The molecular formula is C17H24N2O. The normalized spacial score (nSPS) is 30.0. The van der Waals surface area contributed by atoms with E-state index in [4.69, 9.17) is 0 Å². The van der Waals surface area contributed by atoms with Crippen LogP contribution < -0.4 is 10.6 Å². The molecule has 0 radical (unpaired) electrons. The summed E-state index contributed by atoms with van der Waals surface area (Å²) in [5, 5.41) is 6.61. The molecule has 3 rings (SSSR count). The Kier molecular flexibility index (Phi) is 3.79. The Morgan fingerprint density at radius 3 is 2.95 bits per heavy atom. The molecule has 2 N–H and O–H groups in total. The number of hydrogen-bond donors (Lipinski definition) is 2. The summed E-state index contributed by atoms with van der Waals surface area (Å²) in [7, 11) is 0. The van der Waals surface area contributed by atoms with Crippen LogP contribution in [0.2, 0.25) is 0 Å². The Bertz CT molecular complexity index is 500. The van der Waals surface area contributed by atoms with Gasteiger partial charge in [0.15, 0.2) is 0 Å². The van der Waals surface area contributed by atoms with Gasteiger partial charge in [-0.05, 0) is 56.2 Å². The summed E-state index contributed by atoms with van der Waals surface area (Å²) in [6.45, 7) is 5.18. The van der Waals surface area contributed by atoms with Crippen LogP contribution in [0.5, 0.6) is 0 Å². The molecule has 20 heavy (non-hydrogen) atoms. The number of carbonyl (C=O) groups is 1. The first kappa shape index (κ1) is 13.6. The molecule has 0 aromatic heterocycles. The van der Waals surface area contributed by atoms with Crippen LogP contribution >= 0.6 is 0 Å². The minimum atomic E-state index is 0.0222. The van der Waals surface area contributed by atoms with E-state index in [1.807, 2.05) is 12.1 Å². The van der Waals surface area contributed by atoms with Gasteiger partial charge in [0.25, 0.3) is 0 Å². The summed E-state index contributed by atoms with van der Waals surface area (Å²) in [4.78, 5) is 12.5. The zero-order valence-electron chi connectivity index (χ0n) is 12.4. The first-order valence-corrected chi connectivity index (χ1v) is 7.76. The van der Waals surface area contributed by atoms with Crippen molar-refractivity contribution in [2.45, 2.75) is 45.2 Å². The van der Waals surface area contributed by atoms with E-state index in [2.05, 4.69) is 36.6 Å². The molecule has 1 aliphatic heterocycles. The van der Waals surface area contributed by atoms with E-state index >= 15 is 0 Å². The Hall–Kier alpha value is -1.35. The fraction of sp³-hybridized carbons (Fsp3) is 0.588. The van der Waals surface area contributed by atoms with Crippen molar-refractivity contribution in [3.8, 4) is 0 Å². The van der Waals surface area contributed by atoms with Gasteiger partial charge < -0.3 is 10.6 Å². The predicted octanol–water partition coefficient (Wildman–Crippen LogP) is 2.56. The summed E-state index contributed by atoms with van der Waals surface area (Å²) in [6, 6.07) is 8.36. The van der Waals surface area contributed by atoms with E-state index < -0.39 is 0 Å². The SMILES string of the molecule is Cc1ccccc1[C@@H](C)NC(=O)C1NCC2CCCC21. The first-order valence-electron chi connectivity index (χ1n) is 7.76. The number of fused-ring (bicyclic) bond motifs is 1. The standard InChI is InChI=1S/C17H24N2O/c1-11-6-3-4-8-14(11)12(2)19-17(20)16-15-9-5-7-13(15)10-18-16/h3-4,6,8,12-13,15-16,18H,5,7,9-10H2,1-2H3,(H,19,20)/t12-,13?,15?,16?/m1/s1. The van der Waals surface area contributed by atoms with Crippen LogP contribution in [0.1, 0.15) is 43.4 Å². The van der Waals surface area contributed by atoms with Crippen LogP contribution in [0.15, 0.2) is 24.3 Å². The first-order chi connectivity index (χ1) is 9.66. The topological polar surface area (TPSA) is 41.1 Å². The maximum absolute atomic E-state index is 12.5. The van der Waals surface area contributed by atoms with Gasteiger partial charge in [0, 0.05) is 0 Å². The number of nitrogens with one attached hydrogen (secondary N) is 2. The van der Waals surface area contributed by atoms with E-state index in [9.17, 15) is 4.79 Å². The van der Waals surface area contributed by atoms with Crippen LogP contribution in [-0.4, -0.2) is 18.5 Å². The fourth-order valence-corrected chi connectivity index (χ4v) is 3.93. The largest absolute Gasteiger partial charge is 0.348 e. The fourth-order valence-electron chi connectivity index (χ4n) is 3.93. The van der Waals surface area contributed by atoms with Crippen molar-refractivity contribution in [3.63, 3.8) is 0 Å². The van der Waals surface area contributed by atoms with Crippen LogP contribution in [0.4, 0.5) is 0 Å². The number of benzene rings is 1. The second-order valence-electron chi connectivity index (χ2n) is 6.33. The Morgan fingerprint density at radius 2 is 2.15 bits per heavy atom. The van der Waals surface area contributed by atoms with Crippen molar-refractivity contribution in [2.24, 2.45) is 11.8 Å². The second-order valence-corrected chi connectivity index (χ2v) is 6.33. The Labute approximate surface area is 121 Å². The van der Waals surface area contributed by atoms with Crippen LogP contribution in [0, 0.1) is 18.8 Å². The van der Waals surface area contributed by atoms with Gasteiger partial charge in [-0.3, -0.25) is 4.79 Å². The number of rotatable bonds is 3. The van der Waals surface area contributed by atoms with Crippen LogP contribution in [-0.2, 0) is 4.79 Å². The lowest BCUT2D eigenvalue weighted by Crippen LogP contribution is -2.44. The van der Waals surface area contributed by atoms with Crippen LogP contribution in [0.25, 0.3) is 0 Å². The molecule has 1 saturated carbocycles. The molecule has 4 atom stereocenters. The highest BCUT2D eigenvalue weighted by Gasteiger charge is 2.42. The van der Waals surface area contributed by atoms with Crippen LogP contribution in [0.3, 0.4) is 0 Å². The van der Waals surface area contributed by atoms with Gasteiger partial charge in [-0.25, -0.2) is 0 Å². The predicted molar refractivity (Wildman–Crippen MR) is 80.4 cm³/mol. The van der Waals surface area contributed by atoms with E-state index in [0.29, 0.717) is 5.92 Å². The average Bonchev–Trinajstić information content (AvgIpc) is 3.00. The molecule has 3 unspecified atom stereocenters. The van der Waals surface area contributed by atoms with E-state index in [1.54, 1.807) is 0 Å². The zero-order valence-corrected chi connectivity index (χ0v) is 12.4. The monoisotopic (exact) mass is 272 g/mol. The highest BCUT2D eigenvalue weighted by atomic mass is 16.2. The summed E-state index contributed by atoms with van der Waals surface area (Å²) in [5.74, 6) is 1.45. The van der Waals surface area contributed by atoms with Crippen molar-refractivity contribution >= 4 is 5.91 Å². The van der Waals surface area contributed by atoms with E-state index in [0.717, 1.165) is 12.5 Å². The van der Waals surface area contributed by atoms with Gasteiger partial charge in [-0.2, -0.15) is 0 Å². The maximum atomic E-state index is 12.5. The van der Waals surface area contributed by atoms with Crippen molar-refractivity contribution < 1.29 is 4.79 Å². The lowest BCUT2D eigenvalue weighted by atomic mass is 9.93. The van der Waals surface area contributed by atoms with Gasteiger partial charge in [-0.1, -0.05) is 30.7 Å². The molecule has 3 nitrogen and oxygen atoms in total. The van der Waals surface area contributed by atoms with Gasteiger partial charge in [0.2, 0.25) is 5.91 Å². The molecule has 108 valence electrons. The molecule has 2 aliphatic rings. The molecule has 3 heteroatoms. The number of amides is 1. The van der Waals surface area contributed by atoms with Crippen molar-refractivity contribution in [1.29, 1.82) is 0 Å².